The fraction of sp³-hybridized carbons (Fsp3) is 0.222. The lowest BCUT2D eigenvalue weighted by Crippen LogP contribution is -2.08. The number of aryl methyl sites for hydroxylation is 1. The third-order valence-electron chi connectivity index (χ3n) is 4.07. The molecule has 0 aliphatic carbocycles. The van der Waals surface area contributed by atoms with E-state index in [2.05, 4.69) is 15.5 Å². The fourth-order valence-corrected chi connectivity index (χ4v) is 2.75. The van der Waals surface area contributed by atoms with E-state index in [1.165, 1.54) is 16.8 Å². The summed E-state index contributed by atoms with van der Waals surface area (Å²) >= 11 is 0. The minimum Gasteiger partial charge on any atom is -0.504 e. The van der Waals surface area contributed by atoms with Crippen LogP contribution in [-0.4, -0.2) is 55.2 Å². The first-order chi connectivity index (χ1) is 13.0. The molecule has 0 aliphatic rings. The molecule has 0 radical (unpaired) electrons. The summed E-state index contributed by atoms with van der Waals surface area (Å²) in [4.78, 5) is 11.7. The van der Waals surface area contributed by atoms with Crippen LogP contribution in [0.15, 0.2) is 36.4 Å². The van der Waals surface area contributed by atoms with Gasteiger partial charge in [0.2, 0.25) is 0 Å². The number of ether oxygens (including phenoxy) is 1. The second-order valence-electron chi connectivity index (χ2n) is 5.81. The van der Waals surface area contributed by atoms with Gasteiger partial charge in [-0.2, -0.15) is 0 Å². The summed E-state index contributed by atoms with van der Waals surface area (Å²) in [7, 11) is 1.59. The molecule has 1 heterocycles. The van der Waals surface area contributed by atoms with Crippen molar-refractivity contribution in [3.63, 3.8) is 0 Å². The molecule has 3 N–H and O–H groups in total. The fourth-order valence-electron chi connectivity index (χ4n) is 2.75. The Hall–Kier alpha value is -3.46. The molecule has 0 atom stereocenters. The maximum atomic E-state index is 11.7. The standard InChI is InChI=1S/C18H18N4O5/c1-27-9-3-8-22-17(19-20-21-22)14-10-11(6-7-13(14)18(25)26)12-4-2-5-15(23)16(12)24/h2,4-7,10,23-24H,3,8-9H2,1H3,(H,25,26). The van der Waals surface area contributed by atoms with E-state index in [4.69, 9.17) is 4.74 Å². The number of hydrogen-bond acceptors (Lipinski definition) is 7. The molecular weight excluding hydrogens is 352 g/mol. The largest absolute Gasteiger partial charge is 0.504 e. The van der Waals surface area contributed by atoms with Gasteiger partial charge in [0.15, 0.2) is 17.3 Å². The lowest BCUT2D eigenvalue weighted by atomic mass is 9.97. The van der Waals surface area contributed by atoms with E-state index in [0.29, 0.717) is 42.1 Å². The van der Waals surface area contributed by atoms with Crippen LogP contribution >= 0.6 is 0 Å². The van der Waals surface area contributed by atoms with Crippen molar-refractivity contribution in [3.8, 4) is 34.0 Å². The summed E-state index contributed by atoms with van der Waals surface area (Å²) in [5.41, 5.74) is 1.23. The molecule has 3 rings (SSSR count). The molecule has 0 saturated heterocycles. The molecule has 1 aromatic heterocycles. The molecule has 0 spiro atoms. The van der Waals surface area contributed by atoms with Crippen LogP contribution in [0.3, 0.4) is 0 Å². The van der Waals surface area contributed by atoms with Crippen molar-refractivity contribution < 1.29 is 24.9 Å². The third kappa shape index (κ3) is 3.72. The summed E-state index contributed by atoms with van der Waals surface area (Å²) in [5, 5.41) is 40.9. The molecule has 27 heavy (non-hydrogen) atoms. The maximum absolute atomic E-state index is 11.7. The molecule has 0 amide bonds. The lowest BCUT2D eigenvalue weighted by molar-refractivity contribution is 0.0697. The van der Waals surface area contributed by atoms with Gasteiger partial charge in [0.05, 0.1) is 5.56 Å². The summed E-state index contributed by atoms with van der Waals surface area (Å²) in [6.45, 7) is 0.971. The Morgan fingerprint density at radius 3 is 2.74 bits per heavy atom. The molecular formula is C18H18N4O5. The van der Waals surface area contributed by atoms with Gasteiger partial charge in [0.25, 0.3) is 0 Å². The number of carboxylic acids is 1. The van der Waals surface area contributed by atoms with E-state index >= 15 is 0 Å². The van der Waals surface area contributed by atoms with Crippen molar-refractivity contribution in [2.45, 2.75) is 13.0 Å². The van der Waals surface area contributed by atoms with E-state index in [9.17, 15) is 20.1 Å². The number of phenols is 2. The molecule has 2 aromatic carbocycles. The molecule has 0 aliphatic heterocycles. The van der Waals surface area contributed by atoms with Crippen LogP contribution in [0.5, 0.6) is 11.5 Å². The highest BCUT2D eigenvalue weighted by Crippen LogP contribution is 2.38. The van der Waals surface area contributed by atoms with Crippen molar-refractivity contribution >= 4 is 5.97 Å². The summed E-state index contributed by atoms with van der Waals surface area (Å²) in [6, 6.07) is 9.13. The molecule has 9 nitrogen and oxygen atoms in total. The number of hydrogen-bond donors (Lipinski definition) is 3. The Bertz CT molecular complexity index is 970. The second-order valence-corrected chi connectivity index (χ2v) is 5.81. The molecule has 0 saturated carbocycles. The smallest absolute Gasteiger partial charge is 0.336 e. The number of carboxylic acid groups (broad SMARTS) is 1. The first-order valence-corrected chi connectivity index (χ1v) is 8.17. The first kappa shape index (κ1) is 18.3. The molecule has 3 aromatic rings. The van der Waals surface area contributed by atoms with Crippen molar-refractivity contribution in [3.05, 3.63) is 42.0 Å². The quantitative estimate of drug-likeness (QED) is 0.426. The number of aromatic nitrogens is 4. The van der Waals surface area contributed by atoms with E-state index in [0.717, 1.165) is 0 Å². The second kappa shape index (κ2) is 7.83. The normalized spacial score (nSPS) is 10.9. The molecule has 140 valence electrons. The van der Waals surface area contributed by atoms with Crippen LogP contribution in [0, 0.1) is 0 Å². The number of phenolic OH excluding ortho intramolecular Hbond substituents is 2. The predicted molar refractivity (Wildman–Crippen MR) is 95.5 cm³/mol. The van der Waals surface area contributed by atoms with Gasteiger partial charge in [-0.15, -0.1) is 5.10 Å². The van der Waals surface area contributed by atoms with Crippen molar-refractivity contribution in [1.29, 1.82) is 0 Å². The zero-order chi connectivity index (χ0) is 19.4. The monoisotopic (exact) mass is 370 g/mol. The Labute approximate surface area is 154 Å². The first-order valence-electron chi connectivity index (χ1n) is 8.17. The number of nitrogens with zero attached hydrogens (tertiary/aromatic N) is 4. The van der Waals surface area contributed by atoms with E-state index in [1.807, 2.05) is 0 Å². The van der Waals surface area contributed by atoms with Crippen LogP contribution in [0.2, 0.25) is 0 Å². The van der Waals surface area contributed by atoms with Crippen molar-refractivity contribution in [1.82, 2.24) is 20.2 Å². The van der Waals surface area contributed by atoms with E-state index in [-0.39, 0.29) is 17.1 Å². The Kier molecular flexibility index (Phi) is 5.32. The van der Waals surface area contributed by atoms with Crippen molar-refractivity contribution in [2.24, 2.45) is 0 Å². The highest BCUT2D eigenvalue weighted by molar-refractivity contribution is 5.96. The van der Waals surface area contributed by atoms with E-state index in [1.54, 1.807) is 31.4 Å². The maximum Gasteiger partial charge on any atom is 0.336 e. The highest BCUT2D eigenvalue weighted by Gasteiger charge is 2.19. The predicted octanol–water partition coefficient (Wildman–Crippen LogP) is 2.15. The Morgan fingerprint density at radius 1 is 1.19 bits per heavy atom. The number of tetrazole rings is 1. The van der Waals surface area contributed by atoms with Gasteiger partial charge in [0.1, 0.15) is 0 Å². The Balaban J connectivity index is 2.10. The van der Waals surface area contributed by atoms with Gasteiger partial charge in [-0.3, -0.25) is 0 Å². The average Bonchev–Trinajstić information content (AvgIpc) is 3.12. The molecule has 0 bridgehead atoms. The third-order valence-corrected chi connectivity index (χ3v) is 4.07. The average molecular weight is 370 g/mol. The van der Waals surface area contributed by atoms with Gasteiger partial charge in [-0.05, 0) is 40.6 Å². The summed E-state index contributed by atoms with van der Waals surface area (Å²) < 4.78 is 6.53. The van der Waals surface area contributed by atoms with Crippen LogP contribution in [0.25, 0.3) is 22.5 Å². The minimum atomic E-state index is -1.12. The van der Waals surface area contributed by atoms with Gasteiger partial charge in [0, 0.05) is 31.4 Å². The summed E-state index contributed by atoms with van der Waals surface area (Å²) in [5.74, 6) is -1.37. The van der Waals surface area contributed by atoms with Crippen LogP contribution in [0.4, 0.5) is 0 Å². The van der Waals surface area contributed by atoms with Crippen molar-refractivity contribution in [2.75, 3.05) is 13.7 Å². The number of aromatic hydroxyl groups is 2. The van der Waals surface area contributed by atoms with Gasteiger partial charge in [-0.25, -0.2) is 9.48 Å². The number of benzene rings is 2. The zero-order valence-electron chi connectivity index (χ0n) is 14.5. The number of carbonyl (C=O) groups is 1. The van der Waals surface area contributed by atoms with Gasteiger partial charge >= 0.3 is 5.97 Å². The topological polar surface area (TPSA) is 131 Å². The van der Waals surface area contributed by atoms with Crippen LogP contribution in [0.1, 0.15) is 16.8 Å². The lowest BCUT2D eigenvalue weighted by Gasteiger charge is -2.11. The molecule has 9 heteroatoms. The van der Waals surface area contributed by atoms with E-state index < -0.39 is 5.97 Å². The number of aromatic carboxylic acids is 1. The molecule has 0 unspecified atom stereocenters. The number of rotatable bonds is 7. The van der Waals surface area contributed by atoms with Gasteiger partial charge in [-0.1, -0.05) is 18.2 Å². The molecule has 0 fully saturated rings. The Morgan fingerprint density at radius 2 is 2.00 bits per heavy atom. The highest BCUT2D eigenvalue weighted by atomic mass is 16.5. The summed E-state index contributed by atoms with van der Waals surface area (Å²) in [6.07, 6.45) is 0.657. The van der Waals surface area contributed by atoms with Gasteiger partial charge < -0.3 is 20.1 Å². The van der Waals surface area contributed by atoms with Crippen LogP contribution in [-0.2, 0) is 11.3 Å². The number of para-hydroxylation sites is 1. The SMILES string of the molecule is COCCCn1nnnc1-c1cc(-c2cccc(O)c2O)ccc1C(=O)O. The zero-order valence-corrected chi connectivity index (χ0v) is 14.5. The number of methoxy groups -OCH3 is 1. The minimum absolute atomic E-state index is 0.0289. The van der Waals surface area contributed by atoms with Crippen LogP contribution < -0.4 is 0 Å².